The fraction of sp³-hybridized carbons (Fsp3) is 1.00. The fourth-order valence-electron chi connectivity index (χ4n) is 4.45. The van der Waals surface area contributed by atoms with Crippen LogP contribution in [0.5, 0.6) is 0 Å². The van der Waals surface area contributed by atoms with E-state index in [9.17, 15) is 0 Å². The highest BCUT2D eigenvalue weighted by molar-refractivity contribution is 5.10. The molecule has 4 aliphatic rings. The van der Waals surface area contributed by atoms with Crippen molar-refractivity contribution in [1.29, 1.82) is 0 Å². The molecule has 4 saturated heterocycles. The fourth-order valence-corrected chi connectivity index (χ4v) is 4.45. The topological polar surface area (TPSA) is 13.0 Å². The Morgan fingerprint density at radius 3 is 1.83 bits per heavy atom. The Morgan fingerprint density at radius 1 is 0.778 bits per heavy atom. The molecular weight excluding hydrogens is 224 g/mol. The number of likely N-dealkylation sites (N-methyl/N-ethyl adjacent to an activating group) is 2. The third-order valence-electron chi connectivity index (χ3n) is 5.60. The lowest BCUT2D eigenvalue weighted by Gasteiger charge is -2.65. The van der Waals surface area contributed by atoms with E-state index in [0.717, 1.165) is 12.1 Å². The smallest absolute Gasteiger partial charge is 0.0350 e. The normalized spacial score (nSPS) is 38.7. The predicted octanol–water partition coefficient (Wildman–Crippen LogP) is -0.378. The Kier molecular flexibility index (Phi) is 2.54. The Labute approximate surface area is 110 Å². The summed E-state index contributed by atoms with van der Waals surface area (Å²) in [6.07, 6.45) is 1.39. The second-order valence-corrected chi connectivity index (χ2v) is 7.39. The van der Waals surface area contributed by atoms with Crippen molar-refractivity contribution in [2.75, 3.05) is 66.5 Å². The maximum absolute atomic E-state index is 2.74. The quantitative estimate of drug-likeness (QED) is 0.662. The van der Waals surface area contributed by atoms with Crippen molar-refractivity contribution in [3.8, 4) is 0 Å². The van der Waals surface area contributed by atoms with Gasteiger partial charge in [0, 0.05) is 63.3 Å². The van der Waals surface area contributed by atoms with Gasteiger partial charge < -0.3 is 9.80 Å². The molecule has 4 fully saturated rings. The van der Waals surface area contributed by atoms with Gasteiger partial charge in [-0.15, -0.1) is 0 Å². The molecule has 4 rings (SSSR count). The lowest BCUT2D eigenvalue weighted by molar-refractivity contribution is -0.157. The number of rotatable bonds is 2. The summed E-state index contributed by atoms with van der Waals surface area (Å²) in [6, 6.07) is 1.75. The SMILES string of the molecule is CN1CCC(N2CC3(C2)CN(C2CN(C)C2)C3)C1. The van der Waals surface area contributed by atoms with Crippen molar-refractivity contribution in [2.24, 2.45) is 5.41 Å². The molecule has 4 nitrogen and oxygen atoms in total. The van der Waals surface area contributed by atoms with Crippen molar-refractivity contribution in [2.45, 2.75) is 18.5 Å². The van der Waals surface area contributed by atoms with E-state index in [0.29, 0.717) is 5.41 Å². The Morgan fingerprint density at radius 2 is 1.33 bits per heavy atom. The number of hydrogen-bond donors (Lipinski definition) is 0. The van der Waals surface area contributed by atoms with E-state index >= 15 is 0 Å². The minimum atomic E-state index is 0.704. The zero-order chi connectivity index (χ0) is 12.3. The van der Waals surface area contributed by atoms with E-state index in [1.807, 2.05) is 0 Å². The second kappa shape index (κ2) is 3.92. The maximum Gasteiger partial charge on any atom is 0.0350 e. The molecule has 4 heteroatoms. The Hall–Kier alpha value is -0.160. The van der Waals surface area contributed by atoms with Gasteiger partial charge in [0.2, 0.25) is 0 Å². The first-order valence-electron chi connectivity index (χ1n) is 7.49. The molecule has 0 aromatic rings. The van der Waals surface area contributed by atoms with E-state index in [1.54, 1.807) is 0 Å². The first-order chi connectivity index (χ1) is 8.63. The van der Waals surface area contributed by atoms with Crippen molar-refractivity contribution in [1.82, 2.24) is 19.6 Å². The molecule has 0 N–H and O–H groups in total. The first kappa shape index (κ1) is 11.6. The number of likely N-dealkylation sites (tertiary alicyclic amines) is 4. The van der Waals surface area contributed by atoms with Crippen LogP contribution >= 0.6 is 0 Å². The average Bonchev–Trinajstić information content (AvgIpc) is 2.57. The standard InChI is InChI=1S/C14H26N4/c1-15-4-3-12(5-15)17-8-14(9-17)10-18(11-14)13-6-16(2)7-13/h12-13H,3-11H2,1-2H3. The average molecular weight is 250 g/mol. The van der Waals surface area contributed by atoms with E-state index in [4.69, 9.17) is 0 Å². The van der Waals surface area contributed by atoms with Crippen LogP contribution in [-0.4, -0.2) is 98.1 Å². The zero-order valence-corrected chi connectivity index (χ0v) is 11.8. The summed E-state index contributed by atoms with van der Waals surface area (Å²) in [7, 11) is 4.49. The van der Waals surface area contributed by atoms with Crippen LogP contribution in [0.4, 0.5) is 0 Å². The summed E-state index contributed by atoms with van der Waals surface area (Å²) in [4.78, 5) is 10.4. The van der Waals surface area contributed by atoms with Crippen LogP contribution in [0, 0.1) is 5.41 Å². The molecule has 4 heterocycles. The Balaban J connectivity index is 1.23. The molecule has 1 spiro atoms. The minimum absolute atomic E-state index is 0.704. The van der Waals surface area contributed by atoms with Gasteiger partial charge in [-0.05, 0) is 27.1 Å². The van der Waals surface area contributed by atoms with Gasteiger partial charge in [-0.2, -0.15) is 0 Å². The molecule has 0 saturated carbocycles. The summed E-state index contributed by atoms with van der Waals surface area (Å²) < 4.78 is 0. The molecule has 0 amide bonds. The summed E-state index contributed by atoms with van der Waals surface area (Å²) in [5, 5.41) is 0. The van der Waals surface area contributed by atoms with Gasteiger partial charge in [0.15, 0.2) is 0 Å². The van der Waals surface area contributed by atoms with Crippen LogP contribution in [-0.2, 0) is 0 Å². The van der Waals surface area contributed by atoms with Gasteiger partial charge in [-0.1, -0.05) is 0 Å². The second-order valence-electron chi connectivity index (χ2n) is 7.39. The first-order valence-corrected chi connectivity index (χ1v) is 7.49. The molecule has 4 aliphatic heterocycles. The van der Waals surface area contributed by atoms with Crippen LogP contribution in [0.25, 0.3) is 0 Å². The van der Waals surface area contributed by atoms with Crippen molar-refractivity contribution in [3.05, 3.63) is 0 Å². The van der Waals surface area contributed by atoms with Gasteiger partial charge in [0.1, 0.15) is 0 Å². The van der Waals surface area contributed by atoms with Crippen LogP contribution in [0.2, 0.25) is 0 Å². The van der Waals surface area contributed by atoms with Crippen LogP contribution < -0.4 is 0 Å². The van der Waals surface area contributed by atoms with E-state index in [1.165, 1.54) is 58.8 Å². The molecule has 0 bridgehead atoms. The molecule has 1 unspecified atom stereocenters. The molecule has 0 radical (unpaired) electrons. The van der Waals surface area contributed by atoms with Crippen LogP contribution in [0.1, 0.15) is 6.42 Å². The lowest BCUT2D eigenvalue weighted by atomic mass is 9.71. The van der Waals surface area contributed by atoms with Crippen LogP contribution in [0.3, 0.4) is 0 Å². The van der Waals surface area contributed by atoms with E-state index in [-0.39, 0.29) is 0 Å². The Bertz CT molecular complexity index is 325. The summed E-state index contributed by atoms with van der Waals surface area (Å²) in [6.45, 7) is 10.7. The molecule has 0 aromatic heterocycles. The van der Waals surface area contributed by atoms with Crippen molar-refractivity contribution < 1.29 is 0 Å². The van der Waals surface area contributed by atoms with E-state index in [2.05, 4.69) is 33.7 Å². The summed E-state index contributed by atoms with van der Waals surface area (Å²) >= 11 is 0. The predicted molar refractivity (Wildman–Crippen MR) is 72.8 cm³/mol. The zero-order valence-electron chi connectivity index (χ0n) is 11.8. The highest BCUT2D eigenvalue weighted by atomic mass is 15.4. The minimum Gasteiger partial charge on any atom is -0.305 e. The van der Waals surface area contributed by atoms with Gasteiger partial charge in [0.25, 0.3) is 0 Å². The molecule has 18 heavy (non-hydrogen) atoms. The number of hydrogen-bond acceptors (Lipinski definition) is 4. The van der Waals surface area contributed by atoms with Crippen LogP contribution in [0.15, 0.2) is 0 Å². The third-order valence-corrected chi connectivity index (χ3v) is 5.60. The van der Waals surface area contributed by atoms with Gasteiger partial charge >= 0.3 is 0 Å². The molecule has 1 atom stereocenters. The maximum atomic E-state index is 2.74. The highest BCUT2D eigenvalue weighted by Gasteiger charge is 2.55. The highest BCUT2D eigenvalue weighted by Crippen LogP contribution is 2.43. The third kappa shape index (κ3) is 1.73. The number of nitrogens with zero attached hydrogens (tertiary/aromatic N) is 4. The van der Waals surface area contributed by atoms with Crippen molar-refractivity contribution in [3.63, 3.8) is 0 Å². The molecule has 102 valence electrons. The van der Waals surface area contributed by atoms with Crippen molar-refractivity contribution >= 4 is 0 Å². The molecule has 0 aromatic carbocycles. The largest absolute Gasteiger partial charge is 0.305 e. The monoisotopic (exact) mass is 250 g/mol. The summed E-state index contributed by atoms with van der Waals surface area (Å²) in [5.41, 5.74) is 0.704. The summed E-state index contributed by atoms with van der Waals surface area (Å²) in [5.74, 6) is 0. The molecule has 0 aliphatic carbocycles. The lowest BCUT2D eigenvalue weighted by Crippen LogP contribution is -2.77. The van der Waals surface area contributed by atoms with Gasteiger partial charge in [0.05, 0.1) is 0 Å². The van der Waals surface area contributed by atoms with Gasteiger partial charge in [-0.3, -0.25) is 9.80 Å². The van der Waals surface area contributed by atoms with E-state index < -0.39 is 0 Å². The molecular formula is C14H26N4. The van der Waals surface area contributed by atoms with Gasteiger partial charge in [-0.25, -0.2) is 0 Å².